The minimum absolute atomic E-state index is 0.0661. The van der Waals surface area contributed by atoms with Crippen LogP contribution in [0.2, 0.25) is 5.02 Å². The Morgan fingerprint density at radius 3 is 2.12 bits per heavy atom. The van der Waals surface area contributed by atoms with Crippen LogP contribution in [0.1, 0.15) is 113 Å². The van der Waals surface area contributed by atoms with Crippen LogP contribution in [-0.4, -0.2) is 143 Å². The van der Waals surface area contributed by atoms with E-state index in [2.05, 4.69) is 30.3 Å². The third-order valence-electron chi connectivity index (χ3n) is 18.7. The van der Waals surface area contributed by atoms with Crippen LogP contribution in [0.15, 0.2) is 85.1 Å². The summed E-state index contributed by atoms with van der Waals surface area (Å²) in [5, 5.41) is 6.74. The molecular formula is C62H72ClN9O7S. The quantitative estimate of drug-likeness (QED) is 0.114. The smallest absolute Gasteiger partial charge is 0.266 e. The highest BCUT2D eigenvalue weighted by molar-refractivity contribution is 7.22. The van der Waals surface area contributed by atoms with Gasteiger partial charge in [0, 0.05) is 102 Å². The lowest BCUT2D eigenvalue weighted by Crippen LogP contribution is -2.60. The first-order valence-corrected chi connectivity index (χ1v) is 30.5. The number of imide groups is 1. The van der Waals surface area contributed by atoms with Gasteiger partial charge >= 0.3 is 0 Å². The number of pyridine rings is 1. The van der Waals surface area contributed by atoms with Gasteiger partial charge in [-0.3, -0.25) is 34.1 Å². The van der Waals surface area contributed by atoms with Crippen LogP contribution in [0.25, 0.3) is 20.8 Å². The maximum Gasteiger partial charge on any atom is 0.266 e. The van der Waals surface area contributed by atoms with Crippen molar-refractivity contribution in [3.63, 3.8) is 0 Å². The van der Waals surface area contributed by atoms with Gasteiger partial charge in [0.15, 0.2) is 5.60 Å². The molecule has 5 aromatic rings. The van der Waals surface area contributed by atoms with Crippen molar-refractivity contribution in [2.75, 3.05) is 82.2 Å². The van der Waals surface area contributed by atoms with Gasteiger partial charge in [0.1, 0.15) is 16.6 Å². The van der Waals surface area contributed by atoms with Crippen molar-refractivity contribution in [3.05, 3.63) is 101 Å². The number of para-hydroxylation sites is 2. The van der Waals surface area contributed by atoms with Gasteiger partial charge < -0.3 is 34.6 Å². The Morgan fingerprint density at radius 2 is 1.38 bits per heavy atom. The Hall–Kier alpha value is -6.43. The number of nitrogens with zero attached hydrogens (tertiary/aromatic N) is 7. The van der Waals surface area contributed by atoms with E-state index < -0.39 is 11.5 Å². The number of piperidine rings is 6. The molecule has 0 aliphatic carbocycles. The second-order valence-corrected chi connectivity index (χ2v) is 25.0. The normalized spacial score (nSPS) is 22.9. The van der Waals surface area contributed by atoms with Crippen molar-refractivity contribution < 1.29 is 33.5 Å². The summed E-state index contributed by atoms with van der Waals surface area (Å²) < 4.78 is 7.94. The van der Waals surface area contributed by atoms with E-state index in [0.717, 1.165) is 115 Å². The number of anilines is 2. The van der Waals surface area contributed by atoms with Crippen LogP contribution in [0.5, 0.6) is 5.75 Å². The Morgan fingerprint density at radius 1 is 0.688 bits per heavy atom. The summed E-state index contributed by atoms with van der Waals surface area (Å²) in [5.41, 5.74) is 2.65. The number of amides is 6. The summed E-state index contributed by atoms with van der Waals surface area (Å²) >= 11 is 8.08. The number of aromatic nitrogens is 2. The van der Waals surface area contributed by atoms with E-state index >= 15 is 4.79 Å². The Balaban J connectivity index is 0.619. The lowest BCUT2D eigenvalue weighted by Gasteiger charge is -2.45. The van der Waals surface area contributed by atoms with Gasteiger partial charge in [-0.1, -0.05) is 48.0 Å². The number of hydrogen-bond acceptors (Lipinski definition) is 12. The molecule has 6 fully saturated rings. The number of thiazole rings is 1. The van der Waals surface area contributed by atoms with Gasteiger partial charge in [-0.15, -0.1) is 11.3 Å². The van der Waals surface area contributed by atoms with Gasteiger partial charge in [0.05, 0.1) is 32.6 Å². The average Bonchev–Trinajstić information content (AvgIpc) is 3.95. The van der Waals surface area contributed by atoms with Crippen LogP contribution in [0.4, 0.5) is 11.5 Å². The van der Waals surface area contributed by atoms with Crippen molar-refractivity contribution in [2.24, 2.45) is 23.7 Å². The number of fused-ring (bicyclic) bond motifs is 2. The predicted molar refractivity (Wildman–Crippen MR) is 308 cm³/mol. The van der Waals surface area contributed by atoms with E-state index in [4.69, 9.17) is 21.3 Å². The number of carbonyl (C=O) groups is 6. The molecule has 0 bridgehead atoms. The molecule has 80 heavy (non-hydrogen) atoms. The summed E-state index contributed by atoms with van der Waals surface area (Å²) in [5.74, 6) is 1.79. The molecule has 7 aliphatic rings. The van der Waals surface area contributed by atoms with Crippen LogP contribution < -0.4 is 20.3 Å². The molecule has 7 aliphatic heterocycles. The molecule has 0 saturated carbocycles. The Bertz CT molecular complexity index is 3130. The standard InChI is InChI=1S/C62H72ClN9O7S/c63-49-8-5-10-51-56(49)80-58(66-51)47-7-2-4-11-52(47)79-62(23-34-71(35-24-62)60(77)48-38-55(74)65-50-9-3-1-6-46(48)50)61(78)72-32-21-43(22-33-72)59(76)70-30-17-41(18-31-70)36-40-15-26-68(27-16-40)39-42-19-28-69(29-20-42)53-37-44(14-25-64-53)45-12-13-54(73)67-57(45)75/h1-11,14,25,37,40-43,45,48H,12-13,15-24,26-36,38-39H2,(H,65,74)(H,67,73,75)/t45?,48-/m0/s1. The van der Waals surface area contributed by atoms with E-state index in [9.17, 15) is 24.0 Å². The zero-order valence-corrected chi connectivity index (χ0v) is 47.1. The van der Waals surface area contributed by atoms with Crippen LogP contribution in [0, 0.1) is 23.7 Å². The molecule has 12 rings (SSSR count). The number of nitrogens with one attached hydrogen (secondary N) is 2. The lowest BCUT2D eigenvalue weighted by atomic mass is 9.82. The van der Waals surface area contributed by atoms with Crippen molar-refractivity contribution in [1.29, 1.82) is 0 Å². The van der Waals surface area contributed by atoms with Crippen LogP contribution in [-0.2, 0) is 28.8 Å². The molecule has 6 amide bonds. The molecule has 0 spiro atoms. The first-order chi connectivity index (χ1) is 38.9. The highest BCUT2D eigenvalue weighted by atomic mass is 35.5. The number of carbonyl (C=O) groups excluding carboxylic acids is 6. The van der Waals surface area contributed by atoms with Crippen molar-refractivity contribution in [2.45, 2.75) is 107 Å². The summed E-state index contributed by atoms with van der Waals surface area (Å²) in [7, 11) is 0. The third-order valence-corrected chi connectivity index (χ3v) is 20.2. The molecule has 2 N–H and O–H groups in total. The number of hydrogen-bond donors (Lipinski definition) is 2. The van der Waals surface area contributed by atoms with E-state index in [0.29, 0.717) is 67.1 Å². The average molecular weight is 1120 g/mol. The molecule has 6 saturated heterocycles. The zero-order valence-electron chi connectivity index (χ0n) is 45.5. The summed E-state index contributed by atoms with van der Waals surface area (Å²) in [6.07, 6.45) is 12.5. The molecule has 0 radical (unpaired) electrons. The van der Waals surface area contributed by atoms with Crippen molar-refractivity contribution in [3.8, 4) is 16.3 Å². The number of benzene rings is 3. The first kappa shape index (κ1) is 54.2. The van der Waals surface area contributed by atoms with Crippen LogP contribution in [0.3, 0.4) is 0 Å². The molecule has 420 valence electrons. The fraction of sp³-hybridized carbons (Fsp3) is 0.516. The molecular weight excluding hydrogens is 1050 g/mol. The number of ether oxygens (including phenoxy) is 1. The monoisotopic (exact) mass is 1120 g/mol. The Kier molecular flexibility index (Phi) is 16.0. The van der Waals surface area contributed by atoms with Gasteiger partial charge in [-0.05, 0) is 149 Å². The van der Waals surface area contributed by atoms with Gasteiger partial charge in [-0.2, -0.15) is 0 Å². The minimum atomic E-state index is -1.28. The molecule has 1 unspecified atom stereocenters. The predicted octanol–water partition coefficient (Wildman–Crippen LogP) is 8.89. The van der Waals surface area contributed by atoms with E-state index in [-0.39, 0.29) is 79.6 Å². The largest absolute Gasteiger partial charge is 0.477 e. The highest BCUT2D eigenvalue weighted by Gasteiger charge is 2.49. The van der Waals surface area contributed by atoms with Gasteiger partial charge in [-0.25, -0.2) is 9.97 Å². The molecule has 2 atom stereocenters. The van der Waals surface area contributed by atoms with Crippen LogP contribution >= 0.6 is 22.9 Å². The molecule has 3 aromatic carbocycles. The molecule has 9 heterocycles. The Labute approximate surface area is 476 Å². The van der Waals surface area contributed by atoms with E-state index in [1.54, 1.807) is 11.1 Å². The SMILES string of the molecule is O=C1CCC(c2ccnc(N3CCC(CN4CCC(CC5CCN(C(=O)C6CCN(C(=O)C7(Oc8ccccc8-c8nc9cccc(Cl)c9s8)CCN(C(=O)[C@H]8CC(=O)Nc9ccccc98)CC7)CC6)CC5)CC4)CC3)c2)C(=O)N1. The number of halogens is 1. The second-order valence-electron chi connectivity index (χ2n) is 23.6. The molecule has 18 heteroatoms. The van der Waals surface area contributed by atoms with Crippen molar-refractivity contribution in [1.82, 2.24) is 34.9 Å². The molecule has 16 nitrogen and oxygen atoms in total. The topological polar surface area (TPSA) is 178 Å². The highest BCUT2D eigenvalue weighted by Crippen LogP contribution is 2.43. The fourth-order valence-corrected chi connectivity index (χ4v) is 15.2. The van der Waals surface area contributed by atoms with E-state index in [1.807, 2.05) is 83.8 Å². The summed E-state index contributed by atoms with van der Waals surface area (Å²) in [4.78, 5) is 101. The maximum absolute atomic E-state index is 15.2. The molecule has 2 aromatic heterocycles. The first-order valence-electron chi connectivity index (χ1n) is 29.3. The minimum Gasteiger partial charge on any atom is -0.477 e. The zero-order chi connectivity index (χ0) is 54.9. The third kappa shape index (κ3) is 11.6. The lowest BCUT2D eigenvalue weighted by molar-refractivity contribution is -0.158. The van der Waals surface area contributed by atoms with Gasteiger partial charge in [0.25, 0.3) is 5.91 Å². The second kappa shape index (κ2) is 23.6. The maximum atomic E-state index is 15.2. The summed E-state index contributed by atoms with van der Waals surface area (Å²) in [6.45, 7) is 8.39. The van der Waals surface area contributed by atoms with Crippen molar-refractivity contribution >= 4 is 80.1 Å². The number of rotatable bonds is 12. The van der Waals surface area contributed by atoms with E-state index in [1.165, 1.54) is 30.6 Å². The number of likely N-dealkylation sites (tertiary alicyclic amines) is 4. The summed E-state index contributed by atoms with van der Waals surface area (Å²) in [6, 6.07) is 24.7. The fourth-order valence-electron chi connectivity index (χ4n) is 14.0. The van der Waals surface area contributed by atoms with Gasteiger partial charge in [0.2, 0.25) is 29.5 Å².